The zero-order valence-electron chi connectivity index (χ0n) is 21.8. The zero-order chi connectivity index (χ0) is 27.4. The lowest BCUT2D eigenvalue weighted by atomic mass is 9.87. The first-order valence-electron chi connectivity index (χ1n) is 13.2. The number of nitrogens with one attached hydrogen (secondary N) is 2. The van der Waals surface area contributed by atoms with E-state index in [9.17, 15) is 14.4 Å². The van der Waals surface area contributed by atoms with Crippen LogP contribution in [0.1, 0.15) is 44.5 Å². The molecule has 2 aromatic heterocycles. The first kappa shape index (κ1) is 24.0. The summed E-state index contributed by atoms with van der Waals surface area (Å²) in [7, 11) is 0. The minimum atomic E-state index is -0.639. The third kappa shape index (κ3) is 3.71. The molecule has 2 unspecified atom stereocenters. The molecular weight excluding hydrogens is 504 g/mol. The molecule has 5 aromatic rings. The lowest BCUT2D eigenvalue weighted by Gasteiger charge is -2.36. The second kappa shape index (κ2) is 9.27. The van der Waals surface area contributed by atoms with Gasteiger partial charge in [-0.15, -0.1) is 0 Å². The molecule has 4 amide bonds. The van der Waals surface area contributed by atoms with Crippen LogP contribution in [0.2, 0.25) is 0 Å². The number of carbonyl (C=O) groups is 3. The lowest BCUT2D eigenvalue weighted by molar-refractivity contribution is -0.120. The Hall–Kier alpha value is -5.11. The van der Waals surface area contributed by atoms with Gasteiger partial charge in [-0.2, -0.15) is 0 Å². The van der Waals surface area contributed by atoms with E-state index < -0.39 is 12.1 Å². The number of para-hydroxylation sites is 1. The van der Waals surface area contributed by atoms with Gasteiger partial charge in [-0.25, -0.2) is 9.69 Å². The van der Waals surface area contributed by atoms with Gasteiger partial charge in [-0.3, -0.25) is 14.5 Å². The molecule has 4 heterocycles. The van der Waals surface area contributed by atoms with Crippen LogP contribution in [0.25, 0.3) is 10.9 Å². The smallest absolute Gasteiger partial charge is 0.332 e. The van der Waals surface area contributed by atoms with Crippen molar-refractivity contribution in [1.82, 2.24) is 15.2 Å². The fourth-order valence-electron chi connectivity index (χ4n) is 5.97. The Balaban J connectivity index is 1.23. The molecule has 40 heavy (non-hydrogen) atoms. The fraction of sp³-hybridized carbons (Fsp3) is 0.156. The second-order valence-corrected chi connectivity index (χ2v) is 10.2. The average molecular weight is 531 g/mol. The lowest BCUT2D eigenvalue weighted by Crippen LogP contribution is -2.44. The van der Waals surface area contributed by atoms with Crippen molar-refractivity contribution in [1.29, 1.82) is 0 Å². The number of benzene rings is 3. The van der Waals surface area contributed by atoms with E-state index in [4.69, 9.17) is 4.42 Å². The van der Waals surface area contributed by atoms with Crippen molar-refractivity contribution in [2.75, 3.05) is 4.90 Å². The number of amides is 4. The number of furan rings is 1. The molecule has 0 bridgehead atoms. The van der Waals surface area contributed by atoms with E-state index in [0.29, 0.717) is 23.4 Å². The monoisotopic (exact) mass is 530 g/mol. The molecule has 2 N–H and O–H groups in total. The SMILES string of the molecule is Cc1ccccc1C1c2[nH]c3ccccc3c2CC2C(=O)N(c3ccc(C(=O)NCc4ccco4)cc3)C(=O)N21. The Bertz CT molecular complexity index is 1770. The van der Waals surface area contributed by atoms with Crippen LogP contribution in [0.4, 0.5) is 10.5 Å². The van der Waals surface area contributed by atoms with Crippen molar-refractivity contribution in [3.05, 3.63) is 125 Å². The molecule has 0 spiro atoms. The standard InChI is InChI=1S/C32H26N4O4/c1-19-7-2-3-9-23(19)29-28-25(24-10-4-5-11-26(24)34-28)17-27-31(38)35(32(39)36(27)29)21-14-12-20(13-15-21)30(37)33-18-22-8-6-16-40-22/h2-16,27,29,34H,17-18H2,1H3,(H,33,37). The molecule has 0 aliphatic carbocycles. The van der Waals surface area contributed by atoms with Gasteiger partial charge in [0.25, 0.3) is 11.8 Å². The van der Waals surface area contributed by atoms with E-state index in [2.05, 4.69) is 16.4 Å². The maximum absolute atomic E-state index is 14.1. The Morgan fingerprint density at radius 1 is 0.975 bits per heavy atom. The van der Waals surface area contributed by atoms with E-state index in [-0.39, 0.29) is 24.4 Å². The highest BCUT2D eigenvalue weighted by Gasteiger charge is 2.53. The molecule has 3 aromatic carbocycles. The van der Waals surface area contributed by atoms with Gasteiger partial charge in [-0.1, -0.05) is 42.5 Å². The average Bonchev–Trinajstić information content (AvgIpc) is 3.69. The van der Waals surface area contributed by atoms with E-state index >= 15 is 0 Å². The summed E-state index contributed by atoms with van der Waals surface area (Å²) in [6.45, 7) is 2.29. The number of anilines is 1. The normalized spacial score (nSPS) is 18.2. The summed E-state index contributed by atoms with van der Waals surface area (Å²) in [5.41, 5.74) is 5.88. The minimum absolute atomic E-state index is 0.266. The van der Waals surface area contributed by atoms with Crippen molar-refractivity contribution in [3.63, 3.8) is 0 Å². The number of aromatic amines is 1. The van der Waals surface area contributed by atoms with Gasteiger partial charge in [-0.05, 0) is 66.1 Å². The molecule has 2 aliphatic rings. The van der Waals surface area contributed by atoms with Crippen LogP contribution in [-0.4, -0.2) is 33.8 Å². The number of urea groups is 1. The van der Waals surface area contributed by atoms with Crippen LogP contribution in [0, 0.1) is 6.92 Å². The number of imide groups is 1. The summed E-state index contributed by atoms with van der Waals surface area (Å²) in [5.74, 6) is 0.106. The maximum Gasteiger partial charge on any atom is 0.332 e. The number of rotatable bonds is 5. The molecule has 2 aliphatic heterocycles. The predicted octanol–water partition coefficient (Wildman–Crippen LogP) is 5.48. The van der Waals surface area contributed by atoms with Crippen LogP contribution in [0.15, 0.2) is 95.6 Å². The molecule has 0 saturated carbocycles. The molecule has 1 saturated heterocycles. The van der Waals surface area contributed by atoms with E-state index in [1.165, 1.54) is 4.90 Å². The highest BCUT2D eigenvalue weighted by molar-refractivity contribution is 6.22. The third-order valence-corrected chi connectivity index (χ3v) is 7.92. The van der Waals surface area contributed by atoms with Gasteiger partial charge >= 0.3 is 6.03 Å². The molecule has 1 fully saturated rings. The Labute approximate surface area is 230 Å². The largest absolute Gasteiger partial charge is 0.467 e. The van der Waals surface area contributed by atoms with Gasteiger partial charge in [0.15, 0.2) is 0 Å². The molecule has 8 nitrogen and oxygen atoms in total. The van der Waals surface area contributed by atoms with Crippen molar-refractivity contribution in [3.8, 4) is 0 Å². The summed E-state index contributed by atoms with van der Waals surface area (Å²) < 4.78 is 5.26. The van der Waals surface area contributed by atoms with Gasteiger partial charge in [0, 0.05) is 28.6 Å². The molecule has 2 atom stereocenters. The van der Waals surface area contributed by atoms with Crippen LogP contribution >= 0.6 is 0 Å². The summed E-state index contributed by atoms with van der Waals surface area (Å²) in [4.78, 5) is 47.1. The molecular formula is C32H26N4O4. The topological polar surface area (TPSA) is 98.6 Å². The fourth-order valence-corrected chi connectivity index (χ4v) is 5.97. The number of H-pyrrole nitrogens is 1. The number of aryl methyl sites for hydroxylation is 1. The van der Waals surface area contributed by atoms with Crippen molar-refractivity contribution < 1.29 is 18.8 Å². The van der Waals surface area contributed by atoms with Gasteiger partial charge < -0.3 is 14.7 Å². The summed E-state index contributed by atoms with van der Waals surface area (Å²) in [6.07, 6.45) is 1.98. The predicted molar refractivity (Wildman–Crippen MR) is 150 cm³/mol. The number of hydrogen-bond donors (Lipinski definition) is 2. The van der Waals surface area contributed by atoms with Crippen LogP contribution < -0.4 is 10.2 Å². The summed E-state index contributed by atoms with van der Waals surface area (Å²) in [5, 5.41) is 3.88. The van der Waals surface area contributed by atoms with Crippen molar-refractivity contribution >= 4 is 34.4 Å². The van der Waals surface area contributed by atoms with Gasteiger partial charge in [0.1, 0.15) is 17.8 Å². The number of hydrogen-bond acceptors (Lipinski definition) is 4. The second-order valence-electron chi connectivity index (χ2n) is 10.2. The third-order valence-electron chi connectivity index (χ3n) is 7.92. The summed E-state index contributed by atoms with van der Waals surface area (Å²) >= 11 is 0. The number of fused-ring (bicyclic) bond motifs is 4. The van der Waals surface area contributed by atoms with E-state index in [1.807, 2.05) is 49.4 Å². The first-order chi connectivity index (χ1) is 19.5. The molecule has 8 heteroatoms. The van der Waals surface area contributed by atoms with Gasteiger partial charge in [0.2, 0.25) is 0 Å². The molecule has 7 rings (SSSR count). The Morgan fingerprint density at radius 3 is 2.52 bits per heavy atom. The Morgan fingerprint density at radius 2 is 1.75 bits per heavy atom. The first-order valence-corrected chi connectivity index (χ1v) is 13.2. The summed E-state index contributed by atoms with van der Waals surface area (Å²) in [6, 6.07) is 24.7. The van der Waals surface area contributed by atoms with E-state index in [0.717, 1.165) is 33.3 Å². The van der Waals surface area contributed by atoms with Crippen molar-refractivity contribution in [2.45, 2.75) is 32.0 Å². The van der Waals surface area contributed by atoms with Crippen molar-refractivity contribution in [2.24, 2.45) is 0 Å². The number of nitrogens with zero attached hydrogens (tertiary/aromatic N) is 2. The maximum atomic E-state index is 14.1. The highest BCUT2D eigenvalue weighted by atomic mass is 16.3. The van der Waals surface area contributed by atoms with Crippen LogP contribution in [-0.2, 0) is 17.8 Å². The minimum Gasteiger partial charge on any atom is -0.467 e. The Kier molecular flexibility index (Phi) is 5.55. The quantitative estimate of drug-likeness (QED) is 0.294. The zero-order valence-corrected chi connectivity index (χ0v) is 21.8. The van der Waals surface area contributed by atoms with Crippen LogP contribution in [0.3, 0.4) is 0 Å². The van der Waals surface area contributed by atoms with E-state index in [1.54, 1.807) is 47.6 Å². The highest BCUT2D eigenvalue weighted by Crippen LogP contribution is 2.45. The number of carbonyl (C=O) groups excluding carboxylic acids is 3. The molecule has 0 radical (unpaired) electrons. The number of aromatic nitrogens is 1. The van der Waals surface area contributed by atoms with Gasteiger partial charge in [0.05, 0.1) is 18.5 Å². The van der Waals surface area contributed by atoms with Crippen LogP contribution in [0.5, 0.6) is 0 Å². The molecule has 198 valence electrons.